The van der Waals surface area contributed by atoms with E-state index in [0.717, 1.165) is 25.9 Å². The number of piperidine rings is 1. The van der Waals surface area contributed by atoms with Gasteiger partial charge >= 0.3 is 0 Å². The number of amides is 1. The molecule has 0 radical (unpaired) electrons. The van der Waals surface area contributed by atoms with Crippen LogP contribution < -0.4 is 10.6 Å². The molecule has 1 aliphatic rings. The SMILES string of the molecule is O=C(CSC1CCNCC1)Nc1cc(F)ccc1Cl. The topological polar surface area (TPSA) is 41.1 Å². The quantitative estimate of drug-likeness (QED) is 0.898. The van der Waals surface area contributed by atoms with Gasteiger partial charge in [-0.3, -0.25) is 4.79 Å². The lowest BCUT2D eigenvalue weighted by atomic mass is 10.2. The van der Waals surface area contributed by atoms with E-state index in [9.17, 15) is 9.18 Å². The predicted octanol–water partition coefficient (Wildman–Crippen LogP) is 2.90. The van der Waals surface area contributed by atoms with Crippen LogP contribution >= 0.6 is 23.4 Å². The van der Waals surface area contributed by atoms with E-state index in [-0.39, 0.29) is 5.91 Å². The Kier molecular flexibility index (Phi) is 5.48. The van der Waals surface area contributed by atoms with Crippen LogP contribution in [0.3, 0.4) is 0 Å². The minimum Gasteiger partial charge on any atom is -0.324 e. The summed E-state index contributed by atoms with van der Waals surface area (Å²) in [6.45, 7) is 2.02. The van der Waals surface area contributed by atoms with Crippen molar-refractivity contribution in [2.24, 2.45) is 0 Å². The standard InChI is InChI=1S/C13H16ClFN2OS/c14-11-2-1-9(15)7-12(11)17-13(18)8-19-10-3-5-16-6-4-10/h1-2,7,10,16H,3-6,8H2,(H,17,18). The van der Waals surface area contributed by atoms with Crippen LogP contribution in [-0.4, -0.2) is 30.0 Å². The number of benzene rings is 1. The van der Waals surface area contributed by atoms with Crippen LogP contribution in [0.5, 0.6) is 0 Å². The van der Waals surface area contributed by atoms with Crippen molar-refractivity contribution in [3.63, 3.8) is 0 Å². The first-order valence-electron chi connectivity index (χ1n) is 6.22. The number of nitrogens with one attached hydrogen (secondary N) is 2. The monoisotopic (exact) mass is 302 g/mol. The molecule has 0 bridgehead atoms. The van der Waals surface area contributed by atoms with Crippen molar-refractivity contribution in [1.29, 1.82) is 0 Å². The number of carbonyl (C=O) groups excluding carboxylic acids is 1. The molecule has 1 fully saturated rings. The van der Waals surface area contributed by atoms with Gasteiger partial charge in [0.2, 0.25) is 5.91 Å². The van der Waals surface area contributed by atoms with Crippen molar-refractivity contribution in [2.75, 3.05) is 24.2 Å². The summed E-state index contributed by atoms with van der Waals surface area (Å²) in [4.78, 5) is 11.8. The molecular formula is C13H16ClFN2OS. The van der Waals surface area contributed by atoms with Gasteiger partial charge in [0.1, 0.15) is 5.82 Å². The van der Waals surface area contributed by atoms with Gasteiger partial charge in [-0.05, 0) is 44.1 Å². The van der Waals surface area contributed by atoms with E-state index in [1.165, 1.54) is 18.2 Å². The number of hydrogen-bond donors (Lipinski definition) is 2. The van der Waals surface area contributed by atoms with E-state index in [1.807, 2.05) is 0 Å². The average Bonchev–Trinajstić information content (AvgIpc) is 2.42. The Labute approximate surface area is 121 Å². The molecule has 19 heavy (non-hydrogen) atoms. The van der Waals surface area contributed by atoms with Gasteiger partial charge in [0, 0.05) is 5.25 Å². The summed E-state index contributed by atoms with van der Waals surface area (Å²) < 4.78 is 13.1. The fourth-order valence-electron chi connectivity index (χ4n) is 1.94. The van der Waals surface area contributed by atoms with E-state index in [0.29, 0.717) is 21.7 Å². The number of halogens is 2. The Balaban J connectivity index is 1.81. The summed E-state index contributed by atoms with van der Waals surface area (Å²) in [6, 6.07) is 3.93. The molecule has 2 N–H and O–H groups in total. The number of carbonyl (C=O) groups is 1. The molecule has 3 nitrogen and oxygen atoms in total. The molecule has 1 heterocycles. The summed E-state index contributed by atoms with van der Waals surface area (Å²) in [7, 11) is 0. The Bertz CT molecular complexity index is 452. The maximum Gasteiger partial charge on any atom is 0.234 e. The summed E-state index contributed by atoms with van der Waals surface area (Å²) >= 11 is 7.54. The molecule has 2 rings (SSSR count). The molecule has 1 aromatic carbocycles. The number of rotatable bonds is 4. The summed E-state index contributed by atoms with van der Waals surface area (Å²) in [5, 5.41) is 6.80. The van der Waals surface area contributed by atoms with Crippen LogP contribution in [0.2, 0.25) is 5.02 Å². The molecule has 1 amide bonds. The van der Waals surface area contributed by atoms with Crippen molar-refractivity contribution in [2.45, 2.75) is 18.1 Å². The number of anilines is 1. The lowest BCUT2D eigenvalue weighted by Gasteiger charge is -2.21. The largest absolute Gasteiger partial charge is 0.324 e. The third-order valence-corrected chi connectivity index (χ3v) is 4.64. The van der Waals surface area contributed by atoms with Crippen molar-refractivity contribution in [3.8, 4) is 0 Å². The summed E-state index contributed by atoms with van der Waals surface area (Å²) in [6.07, 6.45) is 2.16. The molecule has 0 unspecified atom stereocenters. The molecule has 104 valence electrons. The third kappa shape index (κ3) is 4.67. The Morgan fingerprint density at radius 1 is 1.47 bits per heavy atom. The first-order chi connectivity index (χ1) is 9.15. The van der Waals surface area contributed by atoms with Crippen LogP contribution in [0.15, 0.2) is 18.2 Å². The van der Waals surface area contributed by atoms with E-state index in [1.54, 1.807) is 11.8 Å². The average molecular weight is 303 g/mol. The Morgan fingerprint density at radius 2 is 2.21 bits per heavy atom. The predicted molar refractivity (Wildman–Crippen MR) is 78.4 cm³/mol. The molecule has 0 saturated carbocycles. The molecule has 0 spiro atoms. The fourth-order valence-corrected chi connectivity index (χ4v) is 3.13. The minimum atomic E-state index is -0.411. The highest BCUT2D eigenvalue weighted by molar-refractivity contribution is 8.00. The second-order valence-corrected chi connectivity index (χ2v) is 6.13. The van der Waals surface area contributed by atoms with Crippen LogP contribution in [0.1, 0.15) is 12.8 Å². The highest BCUT2D eigenvalue weighted by Gasteiger charge is 2.15. The normalized spacial score (nSPS) is 16.3. The van der Waals surface area contributed by atoms with Crippen molar-refractivity contribution >= 4 is 35.0 Å². The molecule has 0 aliphatic carbocycles. The van der Waals surface area contributed by atoms with Crippen molar-refractivity contribution < 1.29 is 9.18 Å². The second kappa shape index (κ2) is 7.12. The van der Waals surface area contributed by atoms with E-state index in [2.05, 4.69) is 10.6 Å². The van der Waals surface area contributed by atoms with Crippen molar-refractivity contribution in [1.82, 2.24) is 5.32 Å². The zero-order valence-corrected chi connectivity index (χ0v) is 12.0. The highest BCUT2D eigenvalue weighted by atomic mass is 35.5. The molecule has 1 saturated heterocycles. The molecule has 6 heteroatoms. The van der Waals surface area contributed by atoms with E-state index in [4.69, 9.17) is 11.6 Å². The first kappa shape index (κ1) is 14.6. The van der Waals surface area contributed by atoms with Crippen molar-refractivity contribution in [3.05, 3.63) is 29.0 Å². The van der Waals surface area contributed by atoms with Gasteiger partial charge < -0.3 is 10.6 Å². The van der Waals surface area contributed by atoms with E-state index >= 15 is 0 Å². The van der Waals surface area contributed by atoms with Gasteiger partial charge in [0.25, 0.3) is 0 Å². The minimum absolute atomic E-state index is 0.143. The maximum absolute atomic E-state index is 13.1. The Hall–Kier alpha value is -0.780. The molecule has 0 aromatic heterocycles. The summed E-state index contributed by atoms with van der Waals surface area (Å²) in [5.74, 6) is -0.181. The first-order valence-corrected chi connectivity index (χ1v) is 7.65. The van der Waals surface area contributed by atoms with Gasteiger partial charge in [0.15, 0.2) is 0 Å². The zero-order chi connectivity index (χ0) is 13.7. The van der Waals surface area contributed by atoms with Gasteiger partial charge in [-0.2, -0.15) is 0 Å². The van der Waals surface area contributed by atoms with Crippen LogP contribution in [-0.2, 0) is 4.79 Å². The second-order valence-electron chi connectivity index (χ2n) is 4.43. The van der Waals surface area contributed by atoms with Gasteiger partial charge in [-0.25, -0.2) is 4.39 Å². The Morgan fingerprint density at radius 3 is 2.95 bits per heavy atom. The third-order valence-electron chi connectivity index (χ3n) is 2.94. The molecular weight excluding hydrogens is 287 g/mol. The highest BCUT2D eigenvalue weighted by Crippen LogP contribution is 2.24. The molecule has 0 atom stereocenters. The fraction of sp³-hybridized carbons (Fsp3) is 0.462. The smallest absolute Gasteiger partial charge is 0.234 e. The number of hydrogen-bond acceptors (Lipinski definition) is 3. The van der Waals surface area contributed by atoms with Gasteiger partial charge in [-0.1, -0.05) is 11.6 Å². The lowest BCUT2D eigenvalue weighted by molar-refractivity contribution is -0.113. The van der Waals surface area contributed by atoms with Crippen LogP contribution in [0, 0.1) is 5.82 Å². The molecule has 1 aliphatic heterocycles. The lowest BCUT2D eigenvalue weighted by Crippen LogP contribution is -2.30. The molecule has 1 aromatic rings. The number of thioether (sulfide) groups is 1. The van der Waals surface area contributed by atoms with Gasteiger partial charge in [-0.15, -0.1) is 11.8 Å². The van der Waals surface area contributed by atoms with E-state index < -0.39 is 5.82 Å². The summed E-state index contributed by atoms with van der Waals surface area (Å²) in [5.41, 5.74) is 0.331. The van der Waals surface area contributed by atoms with Crippen LogP contribution in [0.4, 0.5) is 10.1 Å². The zero-order valence-electron chi connectivity index (χ0n) is 10.4. The van der Waals surface area contributed by atoms with Crippen LogP contribution in [0.25, 0.3) is 0 Å². The maximum atomic E-state index is 13.1. The van der Waals surface area contributed by atoms with Gasteiger partial charge in [0.05, 0.1) is 16.5 Å².